The molecule has 1 unspecified atom stereocenters. The summed E-state index contributed by atoms with van der Waals surface area (Å²) in [5.41, 5.74) is -0.496. The van der Waals surface area contributed by atoms with Crippen molar-refractivity contribution >= 4 is 11.9 Å². The van der Waals surface area contributed by atoms with Gasteiger partial charge in [0.2, 0.25) is 0 Å². The molecule has 86 valence electrons. The Morgan fingerprint density at radius 3 is 2.53 bits per heavy atom. The van der Waals surface area contributed by atoms with E-state index >= 15 is 0 Å². The van der Waals surface area contributed by atoms with Gasteiger partial charge in [0.05, 0.1) is 6.54 Å². The van der Waals surface area contributed by atoms with E-state index < -0.39 is 5.60 Å². The molecule has 4 nitrogen and oxygen atoms in total. The van der Waals surface area contributed by atoms with Crippen LogP contribution in [-0.2, 0) is 9.53 Å². The molecule has 0 radical (unpaired) electrons. The molecule has 0 aromatic heterocycles. The van der Waals surface area contributed by atoms with Gasteiger partial charge in [-0.25, -0.2) is 4.79 Å². The molecule has 1 aliphatic rings. The van der Waals surface area contributed by atoms with Crippen LogP contribution >= 0.6 is 0 Å². The van der Waals surface area contributed by atoms with Crippen LogP contribution in [0, 0.1) is 5.92 Å². The summed E-state index contributed by atoms with van der Waals surface area (Å²) in [5.74, 6) is 0.140. The van der Waals surface area contributed by atoms with Crippen LogP contribution in [0.3, 0.4) is 0 Å². The molecule has 15 heavy (non-hydrogen) atoms. The first-order chi connectivity index (χ1) is 6.83. The number of carbonyl (C=O) groups is 2. The van der Waals surface area contributed by atoms with Crippen LogP contribution in [0.5, 0.6) is 0 Å². The Kier molecular flexibility index (Phi) is 3.37. The summed E-state index contributed by atoms with van der Waals surface area (Å²) in [6, 6.07) is 0. The van der Waals surface area contributed by atoms with E-state index in [0.29, 0.717) is 6.54 Å². The average molecular weight is 213 g/mol. The zero-order chi connectivity index (χ0) is 11.6. The summed E-state index contributed by atoms with van der Waals surface area (Å²) in [6.07, 6.45) is 0.407. The van der Waals surface area contributed by atoms with Crippen molar-refractivity contribution in [2.45, 2.75) is 39.7 Å². The van der Waals surface area contributed by atoms with Gasteiger partial charge >= 0.3 is 6.09 Å². The minimum atomic E-state index is -0.496. The molecule has 0 N–H and O–H groups in total. The van der Waals surface area contributed by atoms with Crippen LogP contribution in [0.25, 0.3) is 0 Å². The Labute approximate surface area is 90.6 Å². The molecule has 1 aliphatic heterocycles. The molecule has 0 spiro atoms. The molecule has 1 atom stereocenters. The van der Waals surface area contributed by atoms with Gasteiger partial charge in [-0.2, -0.15) is 0 Å². The third-order valence-electron chi connectivity index (χ3n) is 2.39. The number of hydrogen-bond acceptors (Lipinski definition) is 3. The van der Waals surface area contributed by atoms with Gasteiger partial charge < -0.3 is 9.64 Å². The van der Waals surface area contributed by atoms with Crippen molar-refractivity contribution < 1.29 is 14.3 Å². The summed E-state index contributed by atoms with van der Waals surface area (Å²) in [4.78, 5) is 24.5. The molecule has 1 amide bonds. The SMILES string of the molecule is CCC1CN(C(=O)OC(C)(C)C)CC1=O. The molecule has 0 saturated carbocycles. The lowest BCUT2D eigenvalue weighted by atomic mass is 10.1. The third kappa shape index (κ3) is 3.22. The Bertz CT molecular complexity index is 267. The Hall–Kier alpha value is -1.06. The van der Waals surface area contributed by atoms with Crippen LogP contribution in [0.15, 0.2) is 0 Å². The van der Waals surface area contributed by atoms with Crippen molar-refractivity contribution in [2.75, 3.05) is 13.1 Å². The van der Waals surface area contributed by atoms with Crippen molar-refractivity contribution in [3.05, 3.63) is 0 Å². The number of likely N-dealkylation sites (tertiary alicyclic amines) is 1. The van der Waals surface area contributed by atoms with Crippen LogP contribution < -0.4 is 0 Å². The number of amides is 1. The third-order valence-corrected chi connectivity index (χ3v) is 2.39. The average Bonchev–Trinajstić information content (AvgIpc) is 2.43. The van der Waals surface area contributed by atoms with Gasteiger partial charge in [-0.3, -0.25) is 4.79 Å². The zero-order valence-electron chi connectivity index (χ0n) is 9.87. The van der Waals surface area contributed by atoms with Gasteiger partial charge in [0.15, 0.2) is 5.78 Å². The number of rotatable bonds is 1. The summed E-state index contributed by atoms with van der Waals surface area (Å²) in [7, 11) is 0. The molecule has 4 heteroatoms. The standard InChI is InChI=1S/C11H19NO3/c1-5-8-6-12(7-9(8)13)10(14)15-11(2,3)4/h8H,5-7H2,1-4H3. The number of ketones is 1. The minimum Gasteiger partial charge on any atom is -0.444 e. The van der Waals surface area contributed by atoms with E-state index in [-0.39, 0.29) is 24.3 Å². The van der Waals surface area contributed by atoms with Gasteiger partial charge in [0, 0.05) is 12.5 Å². The van der Waals surface area contributed by atoms with Gasteiger partial charge in [-0.15, -0.1) is 0 Å². The normalized spacial score (nSPS) is 22.0. The van der Waals surface area contributed by atoms with E-state index in [0.717, 1.165) is 6.42 Å². The minimum absolute atomic E-state index is 0.00230. The lowest BCUT2D eigenvalue weighted by Gasteiger charge is -2.23. The summed E-state index contributed by atoms with van der Waals surface area (Å²) >= 11 is 0. The van der Waals surface area contributed by atoms with Gasteiger partial charge in [-0.05, 0) is 27.2 Å². The number of carbonyl (C=O) groups excluding carboxylic acids is 2. The quantitative estimate of drug-likeness (QED) is 0.667. The van der Waals surface area contributed by atoms with E-state index in [1.807, 2.05) is 27.7 Å². The molecule has 1 rings (SSSR count). The predicted molar refractivity (Wildman–Crippen MR) is 56.6 cm³/mol. The Morgan fingerprint density at radius 2 is 2.13 bits per heavy atom. The van der Waals surface area contributed by atoms with Crippen LogP contribution in [0.2, 0.25) is 0 Å². The van der Waals surface area contributed by atoms with E-state index in [1.165, 1.54) is 4.90 Å². The molecule has 0 aromatic rings. The van der Waals surface area contributed by atoms with Crippen molar-refractivity contribution in [2.24, 2.45) is 5.92 Å². The maximum absolute atomic E-state index is 11.6. The summed E-state index contributed by atoms with van der Waals surface area (Å²) in [5, 5.41) is 0. The first-order valence-electron chi connectivity index (χ1n) is 5.34. The van der Waals surface area contributed by atoms with E-state index in [2.05, 4.69) is 0 Å². The maximum Gasteiger partial charge on any atom is 0.410 e. The van der Waals surface area contributed by atoms with Crippen LogP contribution in [-0.4, -0.2) is 35.5 Å². The largest absolute Gasteiger partial charge is 0.444 e. The van der Waals surface area contributed by atoms with Crippen LogP contribution in [0.1, 0.15) is 34.1 Å². The molecule has 0 aliphatic carbocycles. The van der Waals surface area contributed by atoms with Gasteiger partial charge in [0.25, 0.3) is 0 Å². The van der Waals surface area contributed by atoms with Crippen molar-refractivity contribution in [3.8, 4) is 0 Å². The first-order valence-corrected chi connectivity index (χ1v) is 5.34. The highest BCUT2D eigenvalue weighted by Crippen LogP contribution is 2.18. The maximum atomic E-state index is 11.6. The molecule has 1 saturated heterocycles. The predicted octanol–water partition coefficient (Wildman–Crippen LogP) is 1.83. The lowest BCUT2D eigenvalue weighted by Crippen LogP contribution is -2.35. The molecule has 1 fully saturated rings. The van der Waals surface area contributed by atoms with Gasteiger partial charge in [0.1, 0.15) is 5.60 Å². The molecular weight excluding hydrogens is 194 g/mol. The highest BCUT2D eigenvalue weighted by Gasteiger charge is 2.34. The molecule has 0 bridgehead atoms. The number of nitrogens with zero attached hydrogens (tertiary/aromatic N) is 1. The zero-order valence-corrected chi connectivity index (χ0v) is 9.87. The second-order valence-corrected chi connectivity index (χ2v) is 4.93. The van der Waals surface area contributed by atoms with Crippen molar-refractivity contribution in [1.29, 1.82) is 0 Å². The second kappa shape index (κ2) is 4.21. The van der Waals surface area contributed by atoms with Crippen molar-refractivity contribution in [3.63, 3.8) is 0 Å². The number of ether oxygens (including phenoxy) is 1. The van der Waals surface area contributed by atoms with E-state index in [4.69, 9.17) is 4.74 Å². The molecule has 1 heterocycles. The number of Topliss-reactive ketones (excluding diaryl/α,β-unsaturated/α-hetero) is 1. The monoisotopic (exact) mass is 213 g/mol. The Morgan fingerprint density at radius 1 is 1.53 bits per heavy atom. The summed E-state index contributed by atoms with van der Waals surface area (Å²) in [6.45, 7) is 8.12. The smallest absolute Gasteiger partial charge is 0.410 e. The van der Waals surface area contributed by atoms with E-state index in [9.17, 15) is 9.59 Å². The summed E-state index contributed by atoms with van der Waals surface area (Å²) < 4.78 is 5.20. The topological polar surface area (TPSA) is 46.6 Å². The highest BCUT2D eigenvalue weighted by atomic mass is 16.6. The molecule has 0 aromatic carbocycles. The van der Waals surface area contributed by atoms with Gasteiger partial charge in [-0.1, -0.05) is 6.92 Å². The lowest BCUT2D eigenvalue weighted by molar-refractivity contribution is -0.119. The fraction of sp³-hybridized carbons (Fsp3) is 0.818. The van der Waals surface area contributed by atoms with Crippen LogP contribution in [0.4, 0.5) is 4.79 Å². The van der Waals surface area contributed by atoms with E-state index in [1.54, 1.807) is 0 Å². The molecular formula is C11H19NO3. The van der Waals surface area contributed by atoms with Crippen molar-refractivity contribution in [1.82, 2.24) is 4.90 Å². The number of hydrogen-bond donors (Lipinski definition) is 0. The fourth-order valence-corrected chi connectivity index (χ4v) is 1.57. The highest BCUT2D eigenvalue weighted by molar-refractivity contribution is 5.89. The fourth-order valence-electron chi connectivity index (χ4n) is 1.57. The first kappa shape index (κ1) is 12.0. The second-order valence-electron chi connectivity index (χ2n) is 4.93. The Balaban J connectivity index is 2.53.